The molecule has 1 N–H and O–H groups in total. The Morgan fingerprint density at radius 1 is 1.10 bits per heavy atom. The van der Waals surface area contributed by atoms with Crippen LogP contribution in [-0.4, -0.2) is 15.9 Å². The number of hydrogen-bond donors (Lipinski definition) is 1. The number of nitrogens with one attached hydrogen (secondary N) is 1. The van der Waals surface area contributed by atoms with Crippen LogP contribution in [0.15, 0.2) is 53.3 Å². The maximum Gasteiger partial charge on any atom is 0.255 e. The number of amides is 1. The Labute approximate surface area is 130 Å². The molecular weight excluding hydrogens is 330 g/mol. The van der Waals surface area contributed by atoms with Gasteiger partial charge in [0.05, 0.1) is 11.0 Å². The Morgan fingerprint density at radius 2 is 1.86 bits per heavy atom. The lowest BCUT2D eigenvalue weighted by molar-refractivity contribution is 0.102. The van der Waals surface area contributed by atoms with Crippen molar-refractivity contribution in [2.45, 2.75) is 6.92 Å². The molecule has 2 aromatic carbocycles. The molecule has 5 heteroatoms. The van der Waals surface area contributed by atoms with E-state index >= 15 is 0 Å². The maximum absolute atomic E-state index is 12.4. The molecule has 0 saturated heterocycles. The van der Waals surface area contributed by atoms with Crippen molar-refractivity contribution >= 4 is 38.6 Å². The van der Waals surface area contributed by atoms with Gasteiger partial charge in [-0.05, 0) is 42.8 Å². The third kappa shape index (κ3) is 2.78. The van der Waals surface area contributed by atoms with Crippen LogP contribution in [0.5, 0.6) is 0 Å². The van der Waals surface area contributed by atoms with E-state index in [-0.39, 0.29) is 5.91 Å². The Balaban J connectivity index is 1.91. The fourth-order valence-electron chi connectivity index (χ4n) is 2.09. The van der Waals surface area contributed by atoms with E-state index in [1.165, 1.54) is 0 Å². The van der Waals surface area contributed by atoms with Crippen molar-refractivity contribution in [1.82, 2.24) is 9.97 Å². The summed E-state index contributed by atoms with van der Waals surface area (Å²) < 4.78 is 0.916. The molecule has 3 rings (SSSR count). The second kappa shape index (κ2) is 5.61. The summed E-state index contributed by atoms with van der Waals surface area (Å²) in [5, 5.41) is 2.89. The molecule has 3 aromatic rings. The number of benzene rings is 2. The van der Waals surface area contributed by atoms with E-state index in [0.717, 1.165) is 21.1 Å². The molecule has 0 aliphatic rings. The summed E-state index contributed by atoms with van der Waals surface area (Å²) in [4.78, 5) is 20.8. The number of hydrogen-bond acceptors (Lipinski definition) is 3. The van der Waals surface area contributed by atoms with Gasteiger partial charge in [0.1, 0.15) is 0 Å². The van der Waals surface area contributed by atoms with E-state index in [1.54, 1.807) is 18.5 Å². The van der Waals surface area contributed by atoms with Crippen LogP contribution in [0.2, 0.25) is 0 Å². The Hall–Kier alpha value is -2.27. The minimum Gasteiger partial charge on any atom is -0.322 e. The van der Waals surface area contributed by atoms with Gasteiger partial charge in [0.25, 0.3) is 5.91 Å². The summed E-state index contributed by atoms with van der Waals surface area (Å²) in [5.41, 5.74) is 3.81. The smallest absolute Gasteiger partial charge is 0.255 e. The van der Waals surface area contributed by atoms with E-state index in [4.69, 9.17) is 0 Å². The third-order valence-corrected chi connectivity index (χ3v) is 4.10. The molecule has 21 heavy (non-hydrogen) atoms. The Kier molecular flexibility index (Phi) is 3.66. The highest BCUT2D eigenvalue weighted by molar-refractivity contribution is 9.10. The topological polar surface area (TPSA) is 54.9 Å². The van der Waals surface area contributed by atoms with Crippen LogP contribution in [0.4, 0.5) is 5.69 Å². The fourth-order valence-corrected chi connectivity index (χ4v) is 2.46. The van der Waals surface area contributed by atoms with Gasteiger partial charge < -0.3 is 5.32 Å². The number of aromatic nitrogens is 2. The van der Waals surface area contributed by atoms with Gasteiger partial charge in [0.15, 0.2) is 0 Å². The first-order valence-corrected chi connectivity index (χ1v) is 7.22. The van der Waals surface area contributed by atoms with E-state index < -0.39 is 0 Å². The summed E-state index contributed by atoms with van der Waals surface area (Å²) in [5.74, 6) is -0.142. The summed E-state index contributed by atoms with van der Waals surface area (Å²) in [6.45, 7) is 1.91. The SMILES string of the molecule is Cc1c(Br)cccc1C(=O)Nc1ccc2nccnc2c1. The highest BCUT2D eigenvalue weighted by atomic mass is 79.9. The van der Waals surface area contributed by atoms with E-state index in [1.807, 2.05) is 37.3 Å². The normalized spacial score (nSPS) is 10.6. The van der Waals surface area contributed by atoms with Crippen LogP contribution >= 0.6 is 15.9 Å². The molecule has 104 valence electrons. The second-order valence-corrected chi connectivity index (χ2v) is 5.48. The van der Waals surface area contributed by atoms with Gasteiger partial charge >= 0.3 is 0 Å². The van der Waals surface area contributed by atoms with Crippen LogP contribution in [0, 0.1) is 6.92 Å². The molecule has 1 heterocycles. The molecule has 0 unspecified atom stereocenters. The first kappa shape index (κ1) is 13.7. The van der Waals surface area contributed by atoms with E-state index in [2.05, 4.69) is 31.2 Å². The summed E-state index contributed by atoms with van der Waals surface area (Å²) in [6, 6.07) is 11.0. The van der Waals surface area contributed by atoms with Crippen molar-refractivity contribution < 1.29 is 4.79 Å². The number of carbonyl (C=O) groups is 1. The second-order valence-electron chi connectivity index (χ2n) is 4.63. The average molecular weight is 342 g/mol. The zero-order valence-electron chi connectivity index (χ0n) is 11.3. The molecule has 1 aromatic heterocycles. The van der Waals surface area contributed by atoms with Crippen molar-refractivity contribution in [3.05, 3.63) is 64.4 Å². The number of anilines is 1. The molecule has 1 amide bonds. The molecule has 0 radical (unpaired) electrons. The van der Waals surface area contributed by atoms with Crippen LogP contribution in [-0.2, 0) is 0 Å². The molecule has 0 saturated carbocycles. The van der Waals surface area contributed by atoms with Crippen LogP contribution < -0.4 is 5.32 Å². The minimum atomic E-state index is -0.142. The van der Waals surface area contributed by atoms with Crippen LogP contribution in [0.3, 0.4) is 0 Å². The predicted octanol–water partition coefficient (Wildman–Crippen LogP) is 3.95. The monoisotopic (exact) mass is 341 g/mol. The number of carbonyl (C=O) groups excluding carboxylic acids is 1. The molecule has 0 aliphatic heterocycles. The molecule has 0 atom stereocenters. The van der Waals surface area contributed by atoms with Gasteiger partial charge in [-0.3, -0.25) is 14.8 Å². The van der Waals surface area contributed by atoms with Crippen LogP contribution in [0.1, 0.15) is 15.9 Å². The van der Waals surface area contributed by atoms with E-state index in [0.29, 0.717) is 11.3 Å². The fraction of sp³-hybridized carbons (Fsp3) is 0.0625. The molecule has 4 nitrogen and oxygen atoms in total. The number of fused-ring (bicyclic) bond motifs is 1. The van der Waals surface area contributed by atoms with E-state index in [9.17, 15) is 4.79 Å². The average Bonchev–Trinajstić information content (AvgIpc) is 2.50. The van der Waals surface area contributed by atoms with Gasteiger partial charge in [-0.2, -0.15) is 0 Å². The highest BCUT2D eigenvalue weighted by Crippen LogP contribution is 2.21. The Morgan fingerprint density at radius 3 is 2.67 bits per heavy atom. The molecule has 0 spiro atoms. The van der Waals surface area contributed by atoms with Crippen molar-refractivity contribution in [2.24, 2.45) is 0 Å². The molecular formula is C16H12BrN3O. The first-order valence-electron chi connectivity index (χ1n) is 6.42. The van der Waals surface area contributed by atoms with Gasteiger partial charge in [-0.15, -0.1) is 0 Å². The Bertz CT molecular complexity index is 833. The zero-order chi connectivity index (χ0) is 14.8. The first-order chi connectivity index (χ1) is 10.1. The van der Waals surface area contributed by atoms with Crippen LogP contribution in [0.25, 0.3) is 11.0 Å². The quantitative estimate of drug-likeness (QED) is 0.767. The van der Waals surface area contributed by atoms with Crippen molar-refractivity contribution in [3.8, 4) is 0 Å². The predicted molar refractivity (Wildman–Crippen MR) is 86.4 cm³/mol. The largest absolute Gasteiger partial charge is 0.322 e. The number of rotatable bonds is 2. The standard InChI is InChI=1S/C16H12BrN3O/c1-10-12(3-2-4-13(10)17)16(21)20-11-5-6-14-15(9-11)19-8-7-18-14/h2-9H,1H3,(H,20,21). The van der Waals surface area contributed by atoms with Crippen molar-refractivity contribution in [2.75, 3.05) is 5.32 Å². The lowest BCUT2D eigenvalue weighted by atomic mass is 10.1. The minimum absolute atomic E-state index is 0.142. The van der Waals surface area contributed by atoms with Crippen molar-refractivity contribution in [3.63, 3.8) is 0 Å². The number of nitrogens with zero attached hydrogens (tertiary/aromatic N) is 2. The van der Waals surface area contributed by atoms with Gasteiger partial charge in [0, 0.05) is 28.1 Å². The molecule has 0 aliphatic carbocycles. The molecule has 0 bridgehead atoms. The lowest BCUT2D eigenvalue weighted by Gasteiger charge is -2.09. The summed E-state index contributed by atoms with van der Waals surface area (Å²) >= 11 is 3.43. The molecule has 0 fully saturated rings. The third-order valence-electron chi connectivity index (χ3n) is 3.24. The van der Waals surface area contributed by atoms with Gasteiger partial charge in [-0.1, -0.05) is 22.0 Å². The lowest BCUT2D eigenvalue weighted by Crippen LogP contribution is -2.13. The summed E-state index contributed by atoms with van der Waals surface area (Å²) in [7, 11) is 0. The maximum atomic E-state index is 12.4. The zero-order valence-corrected chi connectivity index (χ0v) is 12.9. The number of halogens is 1. The van der Waals surface area contributed by atoms with Gasteiger partial charge in [-0.25, -0.2) is 0 Å². The summed E-state index contributed by atoms with van der Waals surface area (Å²) in [6.07, 6.45) is 3.28. The van der Waals surface area contributed by atoms with Gasteiger partial charge in [0.2, 0.25) is 0 Å². The van der Waals surface area contributed by atoms with Crippen molar-refractivity contribution in [1.29, 1.82) is 0 Å². The highest BCUT2D eigenvalue weighted by Gasteiger charge is 2.11.